The third kappa shape index (κ3) is 2.94. The van der Waals surface area contributed by atoms with Crippen LogP contribution in [0.3, 0.4) is 0 Å². The van der Waals surface area contributed by atoms with Crippen LogP contribution < -0.4 is 5.46 Å². The van der Waals surface area contributed by atoms with Crippen LogP contribution in [0.5, 0.6) is 5.75 Å². The van der Waals surface area contributed by atoms with Crippen LogP contribution in [0.15, 0.2) is 47.5 Å². The predicted molar refractivity (Wildman–Crippen MR) is 69.9 cm³/mol. The summed E-state index contributed by atoms with van der Waals surface area (Å²) in [5.41, 5.74) is 2.34. The summed E-state index contributed by atoms with van der Waals surface area (Å²) in [6.45, 7) is 0. The van der Waals surface area contributed by atoms with Crippen LogP contribution in [0.4, 0.5) is 10.1 Å². The second kappa shape index (κ2) is 4.83. The maximum absolute atomic E-state index is 12.7. The molecule has 0 aromatic heterocycles. The Labute approximate surface area is 99.9 Å². The van der Waals surface area contributed by atoms with Crippen LogP contribution in [0, 0.1) is 5.82 Å². The van der Waals surface area contributed by atoms with Gasteiger partial charge in [0, 0.05) is 11.8 Å². The molecular formula is C13H11BFNO. The molecule has 0 spiro atoms. The van der Waals surface area contributed by atoms with Crippen LogP contribution >= 0.6 is 0 Å². The molecule has 4 heteroatoms. The van der Waals surface area contributed by atoms with Crippen molar-refractivity contribution in [2.75, 3.05) is 0 Å². The van der Waals surface area contributed by atoms with Gasteiger partial charge in [-0.1, -0.05) is 17.6 Å². The van der Waals surface area contributed by atoms with Gasteiger partial charge < -0.3 is 5.11 Å². The fraction of sp³-hybridized carbons (Fsp3) is 0. The SMILES string of the molecule is Bc1ccc(O)c(/C=N/c2ccc(F)cc2)c1. The molecule has 0 fully saturated rings. The fourth-order valence-corrected chi connectivity index (χ4v) is 1.45. The highest BCUT2D eigenvalue weighted by Gasteiger charge is 1.97. The molecule has 0 saturated carbocycles. The molecule has 1 N–H and O–H groups in total. The molecule has 84 valence electrons. The van der Waals surface area contributed by atoms with E-state index in [1.807, 2.05) is 20.0 Å². The van der Waals surface area contributed by atoms with Crippen LogP contribution in [0.25, 0.3) is 0 Å². The van der Waals surface area contributed by atoms with E-state index in [-0.39, 0.29) is 11.6 Å². The lowest BCUT2D eigenvalue weighted by Crippen LogP contribution is -2.02. The molecule has 17 heavy (non-hydrogen) atoms. The number of hydrogen-bond donors (Lipinski definition) is 1. The summed E-state index contributed by atoms with van der Waals surface area (Å²) in [4.78, 5) is 4.17. The van der Waals surface area contributed by atoms with Gasteiger partial charge in [-0.25, -0.2) is 4.39 Å². The van der Waals surface area contributed by atoms with Crippen molar-refractivity contribution in [3.63, 3.8) is 0 Å². The van der Waals surface area contributed by atoms with Gasteiger partial charge in [0.15, 0.2) is 0 Å². The van der Waals surface area contributed by atoms with Crippen molar-refractivity contribution in [2.45, 2.75) is 0 Å². The molecule has 0 aliphatic rings. The minimum Gasteiger partial charge on any atom is -0.507 e. The first-order valence-electron chi connectivity index (χ1n) is 5.24. The van der Waals surface area contributed by atoms with E-state index in [4.69, 9.17) is 0 Å². The maximum Gasteiger partial charge on any atom is 0.139 e. The number of halogens is 1. The number of phenols is 1. The molecule has 2 aromatic carbocycles. The Kier molecular flexibility index (Phi) is 3.23. The molecule has 2 aromatic rings. The van der Waals surface area contributed by atoms with Gasteiger partial charge in [-0.2, -0.15) is 0 Å². The average molecular weight is 227 g/mol. The van der Waals surface area contributed by atoms with E-state index in [1.165, 1.54) is 12.1 Å². The van der Waals surface area contributed by atoms with Crippen molar-refractivity contribution in [1.29, 1.82) is 0 Å². The molecule has 0 aliphatic carbocycles. The normalized spacial score (nSPS) is 10.9. The Morgan fingerprint density at radius 1 is 1.12 bits per heavy atom. The van der Waals surface area contributed by atoms with E-state index < -0.39 is 0 Å². The summed E-state index contributed by atoms with van der Waals surface area (Å²) in [5, 5.41) is 9.61. The molecule has 0 radical (unpaired) electrons. The van der Waals surface area contributed by atoms with E-state index in [0.29, 0.717) is 11.3 Å². The summed E-state index contributed by atoms with van der Waals surface area (Å²) < 4.78 is 12.7. The summed E-state index contributed by atoms with van der Waals surface area (Å²) in [6, 6.07) is 11.1. The van der Waals surface area contributed by atoms with E-state index in [0.717, 1.165) is 5.46 Å². The number of nitrogens with zero attached hydrogens (tertiary/aromatic N) is 1. The molecular weight excluding hydrogens is 216 g/mol. The van der Waals surface area contributed by atoms with Crippen LogP contribution in [0.2, 0.25) is 0 Å². The molecule has 0 saturated heterocycles. The van der Waals surface area contributed by atoms with Crippen molar-refractivity contribution in [3.05, 3.63) is 53.8 Å². The highest BCUT2D eigenvalue weighted by molar-refractivity contribution is 6.32. The first-order valence-corrected chi connectivity index (χ1v) is 5.24. The number of hydrogen-bond acceptors (Lipinski definition) is 2. The van der Waals surface area contributed by atoms with Crippen molar-refractivity contribution in [2.24, 2.45) is 4.99 Å². The lowest BCUT2D eigenvalue weighted by Gasteiger charge is -2.00. The van der Waals surface area contributed by atoms with E-state index in [1.54, 1.807) is 24.4 Å². The minimum atomic E-state index is -0.289. The van der Waals surface area contributed by atoms with Crippen LogP contribution in [0.1, 0.15) is 5.56 Å². The number of aliphatic imine (C=N–C) groups is 1. The first kappa shape index (κ1) is 11.4. The molecule has 0 bridgehead atoms. The summed E-state index contributed by atoms with van der Waals surface area (Å²) in [7, 11) is 1.94. The smallest absolute Gasteiger partial charge is 0.139 e. The quantitative estimate of drug-likeness (QED) is 0.612. The predicted octanol–water partition coefficient (Wildman–Crippen LogP) is 1.54. The lowest BCUT2D eigenvalue weighted by molar-refractivity contribution is 0.474. The number of benzene rings is 2. The molecule has 0 aliphatic heterocycles. The number of aromatic hydroxyl groups is 1. The Morgan fingerprint density at radius 2 is 1.82 bits per heavy atom. The highest BCUT2D eigenvalue weighted by Crippen LogP contribution is 2.15. The molecule has 2 nitrogen and oxygen atoms in total. The zero-order valence-corrected chi connectivity index (χ0v) is 9.39. The molecule has 0 unspecified atom stereocenters. The summed E-state index contributed by atoms with van der Waals surface area (Å²) in [6.07, 6.45) is 1.57. The van der Waals surface area contributed by atoms with Gasteiger partial charge in [0.05, 0.1) is 5.69 Å². The zero-order chi connectivity index (χ0) is 12.3. The van der Waals surface area contributed by atoms with Crippen molar-refractivity contribution >= 4 is 25.2 Å². The second-order valence-electron chi connectivity index (χ2n) is 3.80. The second-order valence-corrected chi connectivity index (χ2v) is 3.80. The molecule has 2 rings (SSSR count). The van der Waals surface area contributed by atoms with Crippen LogP contribution in [-0.4, -0.2) is 19.2 Å². The van der Waals surface area contributed by atoms with Crippen LogP contribution in [-0.2, 0) is 0 Å². The molecule has 0 heterocycles. The van der Waals surface area contributed by atoms with Gasteiger partial charge in [0.1, 0.15) is 19.4 Å². The van der Waals surface area contributed by atoms with Gasteiger partial charge in [0.2, 0.25) is 0 Å². The van der Waals surface area contributed by atoms with E-state index in [2.05, 4.69) is 4.99 Å². The minimum absolute atomic E-state index is 0.182. The number of rotatable bonds is 2. The van der Waals surface area contributed by atoms with Crippen molar-refractivity contribution in [1.82, 2.24) is 0 Å². The summed E-state index contributed by atoms with van der Waals surface area (Å²) >= 11 is 0. The summed E-state index contributed by atoms with van der Waals surface area (Å²) in [5.74, 6) is -0.108. The molecule has 0 atom stereocenters. The van der Waals surface area contributed by atoms with E-state index >= 15 is 0 Å². The topological polar surface area (TPSA) is 32.6 Å². The molecule has 0 amide bonds. The van der Waals surface area contributed by atoms with Gasteiger partial charge in [-0.15, -0.1) is 0 Å². The van der Waals surface area contributed by atoms with Gasteiger partial charge in [-0.05, 0) is 30.3 Å². The Hall–Kier alpha value is -2.10. The third-order valence-corrected chi connectivity index (χ3v) is 2.36. The zero-order valence-electron chi connectivity index (χ0n) is 9.39. The number of phenolic OH excluding ortho intramolecular Hbond substituents is 1. The maximum atomic E-state index is 12.7. The Bertz CT molecular complexity index is 552. The lowest BCUT2D eigenvalue weighted by atomic mass is 9.94. The van der Waals surface area contributed by atoms with Crippen molar-refractivity contribution < 1.29 is 9.50 Å². The average Bonchev–Trinajstić information content (AvgIpc) is 2.32. The largest absolute Gasteiger partial charge is 0.507 e. The fourth-order valence-electron chi connectivity index (χ4n) is 1.45. The Balaban J connectivity index is 2.25. The van der Waals surface area contributed by atoms with Gasteiger partial charge in [-0.3, -0.25) is 4.99 Å². The van der Waals surface area contributed by atoms with Crippen molar-refractivity contribution in [3.8, 4) is 5.75 Å². The first-order chi connectivity index (χ1) is 8.15. The standard InChI is InChI=1S/C13H11BFNO/c14-10-1-6-13(17)9(7-10)8-16-12-4-2-11(15)3-5-12/h1-8,17H,14H2/b16-8+. The van der Waals surface area contributed by atoms with Gasteiger partial charge in [0.25, 0.3) is 0 Å². The third-order valence-electron chi connectivity index (χ3n) is 2.36. The van der Waals surface area contributed by atoms with Gasteiger partial charge >= 0.3 is 0 Å². The highest BCUT2D eigenvalue weighted by atomic mass is 19.1. The monoisotopic (exact) mass is 227 g/mol. The van der Waals surface area contributed by atoms with E-state index in [9.17, 15) is 9.50 Å². The Morgan fingerprint density at radius 3 is 2.53 bits per heavy atom.